The number of fused-ring (bicyclic) bond motifs is 10. The summed E-state index contributed by atoms with van der Waals surface area (Å²) >= 11 is 0. The molecule has 8 nitrogen and oxygen atoms in total. The topological polar surface area (TPSA) is 93.2 Å². The van der Waals surface area contributed by atoms with Crippen molar-refractivity contribution in [3.05, 3.63) is 97.1 Å². The minimum absolute atomic E-state index is 0.0969. The van der Waals surface area contributed by atoms with E-state index >= 15 is 0 Å². The Morgan fingerprint density at radius 1 is 0.409 bits per heavy atom. The Hall–Kier alpha value is -4.98. The smallest absolute Gasteiger partial charge is 0.238 e. The summed E-state index contributed by atoms with van der Waals surface area (Å²) in [6.45, 7) is 0. The maximum Gasteiger partial charge on any atom is 0.238 e. The number of carbonyl (C=O) groups is 4. The zero-order valence-electron chi connectivity index (χ0n) is 23.6. The van der Waals surface area contributed by atoms with E-state index in [0.717, 1.165) is 12.8 Å². The van der Waals surface area contributed by atoms with Gasteiger partial charge in [-0.15, -0.1) is 0 Å². The maximum atomic E-state index is 13.1. The predicted molar refractivity (Wildman–Crippen MR) is 160 cm³/mol. The predicted octanol–water partition coefficient (Wildman–Crippen LogP) is 5.89. The van der Waals surface area contributed by atoms with E-state index < -0.39 is 0 Å². The Balaban J connectivity index is 0.835. The van der Waals surface area contributed by atoms with Crippen molar-refractivity contribution >= 4 is 35.0 Å². The van der Waals surface area contributed by atoms with Gasteiger partial charge in [-0.05, 0) is 109 Å². The Bertz CT molecular complexity index is 1600. The van der Waals surface area contributed by atoms with Crippen LogP contribution in [0.4, 0.5) is 11.4 Å². The number of nitrogens with zero attached hydrogens (tertiary/aromatic N) is 2. The first-order chi connectivity index (χ1) is 21.4. The van der Waals surface area contributed by atoms with Crippen LogP contribution in [0.2, 0.25) is 0 Å². The standard InChI is InChI=1S/C36H28N2O6/c39-33-29-19-1-2-20(17-19)30(29)34(40)37(33)23-5-9-25(10-6-23)43-27-13-15-28(16-14-27)44-26-11-7-24(8-12-26)38-35(41)31-21-3-4-22(18-21)32(31)36(38)42/h1-16,19-22,29-32H,17-18H2/t19-,20+,21-,22+,29-,30+,31-,32+. The summed E-state index contributed by atoms with van der Waals surface area (Å²) in [4.78, 5) is 55.0. The summed E-state index contributed by atoms with van der Waals surface area (Å²) < 4.78 is 12.0. The van der Waals surface area contributed by atoms with Gasteiger partial charge in [0.15, 0.2) is 0 Å². The molecule has 2 heterocycles. The van der Waals surface area contributed by atoms with Crippen molar-refractivity contribution in [2.24, 2.45) is 47.3 Å². The molecule has 9 rings (SSSR count). The van der Waals surface area contributed by atoms with Crippen LogP contribution in [0.15, 0.2) is 97.1 Å². The third-order valence-electron chi connectivity index (χ3n) is 10.4. The molecule has 0 aromatic heterocycles. The Labute approximate surface area is 253 Å². The molecule has 0 spiro atoms. The van der Waals surface area contributed by atoms with Crippen molar-refractivity contribution in [2.75, 3.05) is 9.80 Å². The summed E-state index contributed by atoms with van der Waals surface area (Å²) in [5.74, 6) is 1.81. The maximum absolute atomic E-state index is 13.1. The molecule has 4 aliphatic carbocycles. The average molecular weight is 585 g/mol. The highest BCUT2D eigenvalue weighted by atomic mass is 16.5. The quantitative estimate of drug-likeness (QED) is 0.265. The number of ether oxygens (including phenoxy) is 2. The van der Waals surface area contributed by atoms with Gasteiger partial charge in [-0.3, -0.25) is 29.0 Å². The summed E-state index contributed by atoms with van der Waals surface area (Å²) in [7, 11) is 0. The van der Waals surface area contributed by atoms with Gasteiger partial charge in [0.2, 0.25) is 23.6 Å². The summed E-state index contributed by atoms with van der Waals surface area (Å²) in [6, 6.07) is 21.2. The van der Waals surface area contributed by atoms with Crippen LogP contribution in [-0.4, -0.2) is 23.6 Å². The van der Waals surface area contributed by atoms with Gasteiger partial charge in [0.25, 0.3) is 0 Å². The number of carbonyl (C=O) groups excluding carboxylic acids is 4. The Kier molecular flexibility index (Phi) is 5.37. The van der Waals surface area contributed by atoms with Gasteiger partial charge in [-0.25, -0.2) is 0 Å². The van der Waals surface area contributed by atoms with Gasteiger partial charge in [0, 0.05) is 0 Å². The molecule has 218 valence electrons. The van der Waals surface area contributed by atoms with Gasteiger partial charge in [0.05, 0.1) is 35.0 Å². The minimum Gasteiger partial charge on any atom is -0.457 e. The fourth-order valence-corrected chi connectivity index (χ4v) is 8.49. The highest BCUT2D eigenvalue weighted by molar-refractivity contribution is 6.23. The van der Waals surface area contributed by atoms with Gasteiger partial charge in [-0.1, -0.05) is 24.3 Å². The van der Waals surface area contributed by atoms with Crippen LogP contribution >= 0.6 is 0 Å². The first kappa shape index (κ1) is 25.5. The molecule has 2 saturated heterocycles. The van der Waals surface area contributed by atoms with E-state index in [9.17, 15) is 19.2 Å². The Morgan fingerprint density at radius 3 is 0.932 bits per heavy atom. The third-order valence-corrected chi connectivity index (χ3v) is 10.4. The highest BCUT2D eigenvalue weighted by Crippen LogP contribution is 2.54. The number of imide groups is 2. The second kappa shape index (κ2) is 9.26. The van der Waals surface area contributed by atoms with Gasteiger partial charge < -0.3 is 9.47 Å². The summed E-state index contributed by atoms with van der Waals surface area (Å²) in [5, 5.41) is 0. The van der Waals surface area contributed by atoms with Crippen LogP contribution in [-0.2, 0) is 19.2 Å². The van der Waals surface area contributed by atoms with Crippen molar-refractivity contribution in [3.8, 4) is 23.0 Å². The number of amides is 4. The molecule has 44 heavy (non-hydrogen) atoms. The van der Waals surface area contributed by atoms with E-state index in [0.29, 0.717) is 34.4 Å². The molecule has 4 bridgehead atoms. The molecule has 6 aliphatic rings. The number of hydrogen-bond donors (Lipinski definition) is 0. The lowest BCUT2D eigenvalue weighted by atomic mass is 9.85. The summed E-state index contributed by atoms with van der Waals surface area (Å²) in [5.41, 5.74) is 1.14. The van der Waals surface area contributed by atoms with E-state index in [-0.39, 0.29) is 71.0 Å². The zero-order valence-corrected chi connectivity index (χ0v) is 23.6. The molecule has 8 heteroatoms. The largest absolute Gasteiger partial charge is 0.457 e. The van der Waals surface area contributed by atoms with E-state index in [1.54, 1.807) is 72.8 Å². The molecular formula is C36H28N2O6. The van der Waals surface area contributed by atoms with Crippen molar-refractivity contribution in [1.29, 1.82) is 0 Å². The zero-order chi connectivity index (χ0) is 29.7. The first-order valence-electron chi connectivity index (χ1n) is 15.2. The van der Waals surface area contributed by atoms with Crippen LogP contribution in [0, 0.1) is 47.3 Å². The van der Waals surface area contributed by atoms with E-state index in [1.165, 1.54) is 9.80 Å². The fourth-order valence-electron chi connectivity index (χ4n) is 8.49. The molecule has 0 unspecified atom stereocenters. The molecule has 3 aromatic carbocycles. The number of benzene rings is 3. The molecule has 0 N–H and O–H groups in total. The third kappa shape index (κ3) is 3.63. The second-order valence-corrected chi connectivity index (χ2v) is 12.7. The molecule has 0 radical (unpaired) electrons. The van der Waals surface area contributed by atoms with Crippen molar-refractivity contribution in [3.63, 3.8) is 0 Å². The minimum atomic E-state index is -0.224. The SMILES string of the molecule is O=C1[C@@H]2[C@H](C(=O)N1c1ccc(Oc3ccc(Oc4ccc(N5C(=O)[C@@H]6[C@H](C5=O)[C@@H]5C=C[C@H]6C5)cc4)cc3)cc1)[C@@H]1C=C[C@H]2C1. The molecule has 4 fully saturated rings. The normalized spacial score (nSPS) is 32.3. The number of anilines is 2. The van der Waals surface area contributed by atoms with Crippen molar-refractivity contribution < 1.29 is 28.7 Å². The molecule has 4 amide bonds. The van der Waals surface area contributed by atoms with Gasteiger partial charge >= 0.3 is 0 Å². The van der Waals surface area contributed by atoms with E-state index in [4.69, 9.17) is 9.47 Å². The summed E-state index contributed by atoms with van der Waals surface area (Å²) in [6.07, 6.45) is 10.2. The average Bonchev–Trinajstić information content (AvgIpc) is 3.89. The highest BCUT2D eigenvalue weighted by Gasteiger charge is 2.60. The molecule has 2 saturated carbocycles. The molecular weight excluding hydrogens is 556 g/mol. The van der Waals surface area contributed by atoms with Crippen molar-refractivity contribution in [1.82, 2.24) is 0 Å². The Morgan fingerprint density at radius 2 is 0.659 bits per heavy atom. The number of allylic oxidation sites excluding steroid dienone is 4. The number of hydrogen-bond acceptors (Lipinski definition) is 6. The molecule has 2 aliphatic heterocycles. The van der Waals surface area contributed by atoms with Crippen molar-refractivity contribution in [2.45, 2.75) is 12.8 Å². The molecule has 3 aromatic rings. The van der Waals surface area contributed by atoms with E-state index in [2.05, 4.69) is 24.3 Å². The van der Waals surface area contributed by atoms with Crippen LogP contribution < -0.4 is 19.3 Å². The van der Waals surface area contributed by atoms with Crippen LogP contribution in [0.3, 0.4) is 0 Å². The van der Waals surface area contributed by atoms with Crippen LogP contribution in [0.5, 0.6) is 23.0 Å². The van der Waals surface area contributed by atoms with Crippen LogP contribution in [0.25, 0.3) is 0 Å². The van der Waals surface area contributed by atoms with Crippen LogP contribution in [0.1, 0.15) is 12.8 Å². The fraction of sp³-hybridized carbons (Fsp3) is 0.278. The number of rotatable bonds is 6. The van der Waals surface area contributed by atoms with E-state index in [1.807, 2.05) is 0 Å². The lowest BCUT2D eigenvalue weighted by Crippen LogP contribution is -2.32. The molecule has 8 atom stereocenters. The lowest BCUT2D eigenvalue weighted by molar-refractivity contribution is -0.124. The lowest BCUT2D eigenvalue weighted by Gasteiger charge is -2.18. The monoisotopic (exact) mass is 584 g/mol. The first-order valence-corrected chi connectivity index (χ1v) is 15.2. The second-order valence-electron chi connectivity index (χ2n) is 12.7. The van der Waals surface area contributed by atoms with Gasteiger partial charge in [-0.2, -0.15) is 0 Å². The van der Waals surface area contributed by atoms with Gasteiger partial charge in [0.1, 0.15) is 23.0 Å².